The minimum atomic E-state index is -0.504. The number of benzene rings is 2. The van der Waals surface area contributed by atoms with Gasteiger partial charge in [-0.05, 0) is 68.1 Å². The summed E-state index contributed by atoms with van der Waals surface area (Å²) in [5, 5.41) is 0.472. The molecule has 0 radical (unpaired) electrons. The monoisotopic (exact) mass is 413 g/mol. The molecule has 2 aromatic rings. The standard InChI is InChI=1S/C21H24ClN5O2/c1-28-15-6-8-16(9-7-15)29-18-10-5-14(13-17(18)22)27-20(24)25-19(23)26-21(27)11-3-2-4-12-21/h5-10,13H,2-4,11-12H2,1H3,(H4,23,24,25,26). The van der Waals surface area contributed by atoms with Gasteiger partial charge < -0.3 is 20.9 Å². The highest BCUT2D eigenvalue weighted by Crippen LogP contribution is 2.41. The van der Waals surface area contributed by atoms with Crippen LogP contribution in [0.15, 0.2) is 52.4 Å². The molecule has 4 N–H and O–H groups in total. The van der Waals surface area contributed by atoms with Crippen molar-refractivity contribution < 1.29 is 9.47 Å². The van der Waals surface area contributed by atoms with Crippen LogP contribution in [0.4, 0.5) is 5.69 Å². The summed E-state index contributed by atoms with van der Waals surface area (Å²) < 4.78 is 11.1. The zero-order valence-electron chi connectivity index (χ0n) is 16.3. The third-order valence-electron chi connectivity index (χ3n) is 5.31. The van der Waals surface area contributed by atoms with Gasteiger partial charge in [0.15, 0.2) is 0 Å². The molecule has 1 heterocycles. The van der Waals surface area contributed by atoms with Crippen LogP contribution in [-0.2, 0) is 0 Å². The molecular formula is C21H24ClN5O2. The predicted molar refractivity (Wildman–Crippen MR) is 116 cm³/mol. The van der Waals surface area contributed by atoms with Gasteiger partial charge in [-0.25, -0.2) is 4.99 Å². The Morgan fingerprint density at radius 3 is 2.34 bits per heavy atom. The Labute approximate surface area is 175 Å². The molecule has 29 heavy (non-hydrogen) atoms. The molecule has 0 bridgehead atoms. The average molecular weight is 414 g/mol. The van der Waals surface area contributed by atoms with Crippen molar-refractivity contribution in [2.24, 2.45) is 21.5 Å². The van der Waals surface area contributed by atoms with Crippen molar-refractivity contribution in [3.05, 3.63) is 47.5 Å². The van der Waals surface area contributed by atoms with Crippen LogP contribution < -0.4 is 25.8 Å². The first-order valence-corrected chi connectivity index (χ1v) is 10.00. The van der Waals surface area contributed by atoms with Gasteiger partial charge in [0.25, 0.3) is 0 Å². The smallest absolute Gasteiger partial charge is 0.220 e. The first-order valence-electron chi connectivity index (χ1n) is 9.62. The molecule has 1 aliphatic heterocycles. The predicted octanol–water partition coefficient (Wildman–Crippen LogP) is 4.25. The largest absolute Gasteiger partial charge is 0.497 e. The molecule has 0 aromatic heterocycles. The Kier molecular flexibility index (Phi) is 5.24. The number of guanidine groups is 2. The fourth-order valence-corrected chi connectivity index (χ4v) is 4.19. The van der Waals surface area contributed by atoms with Crippen LogP contribution in [0.1, 0.15) is 32.1 Å². The lowest BCUT2D eigenvalue weighted by molar-refractivity contribution is 0.305. The molecule has 1 aliphatic carbocycles. The number of methoxy groups -OCH3 is 1. The first kappa shape index (κ1) is 19.4. The molecule has 0 unspecified atom stereocenters. The molecule has 2 aromatic carbocycles. The molecule has 152 valence electrons. The summed E-state index contributed by atoms with van der Waals surface area (Å²) in [6.45, 7) is 0. The van der Waals surface area contributed by atoms with Gasteiger partial charge in [0, 0.05) is 5.69 Å². The lowest BCUT2D eigenvalue weighted by atomic mass is 9.87. The minimum absolute atomic E-state index is 0.228. The average Bonchev–Trinajstić information content (AvgIpc) is 2.70. The molecule has 0 saturated heterocycles. The van der Waals surface area contributed by atoms with E-state index in [4.69, 9.17) is 32.5 Å². The van der Waals surface area contributed by atoms with Crippen molar-refractivity contribution in [1.29, 1.82) is 0 Å². The summed E-state index contributed by atoms with van der Waals surface area (Å²) in [6, 6.07) is 12.9. The van der Waals surface area contributed by atoms with E-state index in [1.807, 2.05) is 47.4 Å². The Bertz CT molecular complexity index is 952. The number of halogens is 1. The summed E-state index contributed by atoms with van der Waals surface area (Å²) in [5.41, 5.74) is 12.5. The maximum Gasteiger partial charge on any atom is 0.220 e. The lowest BCUT2D eigenvalue weighted by Gasteiger charge is -2.45. The van der Waals surface area contributed by atoms with Crippen LogP contribution in [0.5, 0.6) is 17.2 Å². The van der Waals surface area contributed by atoms with E-state index in [0.29, 0.717) is 22.5 Å². The van der Waals surface area contributed by atoms with Crippen LogP contribution in [0.3, 0.4) is 0 Å². The van der Waals surface area contributed by atoms with Crippen LogP contribution in [0.2, 0.25) is 5.02 Å². The van der Waals surface area contributed by atoms with E-state index in [0.717, 1.165) is 37.1 Å². The second kappa shape index (κ2) is 7.83. The van der Waals surface area contributed by atoms with Crippen molar-refractivity contribution in [3.63, 3.8) is 0 Å². The van der Waals surface area contributed by atoms with Crippen molar-refractivity contribution in [2.45, 2.75) is 37.8 Å². The van der Waals surface area contributed by atoms with Gasteiger partial charge in [-0.1, -0.05) is 18.0 Å². The number of ether oxygens (including phenoxy) is 2. The van der Waals surface area contributed by atoms with Crippen molar-refractivity contribution in [3.8, 4) is 17.2 Å². The normalized spacial score (nSPS) is 18.2. The molecule has 1 fully saturated rings. The van der Waals surface area contributed by atoms with Crippen LogP contribution in [0.25, 0.3) is 0 Å². The van der Waals surface area contributed by atoms with Gasteiger partial charge in [0.1, 0.15) is 22.9 Å². The van der Waals surface area contributed by atoms with Gasteiger partial charge >= 0.3 is 0 Å². The Morgan fingerprint density at radius 1 is 1.00 bits per heavy atom. The molecule has 8 heteroatoms. The number of hydrogen-bond acceptors (Lipinski definition) is 7. The molecule has 4 rings (SSSR count). The van der Waals surface area contributed by atoms with E-state index in [9.17, 15) is 0 Å². The van der Waals surface area contributed by atoms with Crippen molar-refractivity contribution >= 4 is 29.2 Å². The van der Waals surface area contributed by atoms with E-state index in [1.165, 1.54) is 6.42 Å². The third kappa shape index (κ3) is 3.82. The number of aliphatic imine (C=N–C) groups is 2. The SMILES string of the molecule is COc1ccc(Oc2ccc(N3C(N)=NC(N)=NC34CCCCC4)cc2Cl)cc1. The summed E-state index contributed by atoms with van der Waals surface area (Å²) in [7, 11) is 1.62. The minimum Gasteiger partial charge on any atom is -0.497 e. The van der Waals surface area contributed by atoms with Gasteiger partial charge in [0.2, 0.25) is 11.9 Å². The molecule has 1 spiro atoms. The highest BCUT2D eigenvalue weighted by molar-refractivity contribution is 6.32. The summed E-state index contributed by atoms with van der Waals surface area (Å²) in [6.07, 6.45) is 5.04. The molecule has 1 saturated carbocycles. The van der Waals surface area contributed by atoms with Crippen molar-refractivity contribution in [1.82, 2.24) is 0 Å². The maximum absolute atomic E-state index is 6.54. The van der Waals surface area contributed by atoms with Gasteiger partial charge in [-0.2, -0.15) is 4.99 Å². The van der Waals surface area contributed by atoms with E-state index in [1.54, 1.807) is 7.11 Å². The zero-order chi connectivity index (χ0) is 20.4. The first-order chi connectivity index (χ1) is 14.0. The topological polar surface area (TPSA) is 98.5 Å². The van der Waals surface area contributed by atoms with Crippen molar-refractivity contribution in [2.75, 3.05) is 12.0 Å². The second-order valence-electron chi connectivity index (χ2n) is 7.21. The molecular weight excluding hydrogens is 390 g/mol. The van der Waals surface area contributed by atoms with Crippen LogP contribution in [0, 0.1) is 0 Å². The number of nitrogens with two attached hydrogens (primary N) is 2. The quantitative estimate of drug-likeness (QED) is 0.780. The second-order valence-corrected chi connectivity index (χ2v) is 7.62. The fraction of sp³-hybridized carbons (Fsp3) is 0.333. The van der Waals surface area contributed by atoms with Gasteiger partial charge in [-0.15, -0.1) is 0 Å². The Morgan fingerprint density at radius 2 is 1.69 bits per heavy atom. The molecule has 7 nitrogen and oxygen atoms in total. The number of nitrogens with zero attached hydrogens (tertiary/aromatic N) is 3. The van der Waals surface area contributed by atoms with Crippen LogP contribution in [-0.4, -0.2) is 24.7 Å². The lowest BCUT2D eigenvalue weighted by Crippen LogP contribution is -2.58. The molecule has 2 aliphatic rings. The summed E-state index contributed by atoms with van der Waals surface area (Å²) in [4.78, 5) is 10.8. The van der Waals surface area contributed by atoms with Gasteiger partial charge in [-0.3, -0.25) is 4.90 Å². The van der Waals surface area contributed by atoms with E-state index in [2.05, 4.69) is 9.98 Å². The van der Waals surface area contributed by atoms with Crippen LogP contribution >= 0.6 is 11.6 Å². The highest BCUT2D eigenvalue weighted by atomic mass is 35.5. The Balaban J connectivity index is 1.63. The fourth-order valence-electron chi connectivity index (χ4n) is 3.98. The number of anilines is 1. The van der Waals surface area contributed by atoms with E-state index < -0.39 is 5.66 Å². The third-order valence-corrected chi connectivity index (χ3v) is 5.61. The zero-order valence-corrected chi connectivity index (χ0v) is 17.0. The van der Waals surface area contributed by atoms with E-state index >= 15 is 0 Å². The number of hydrogen-bond donors (Lipinski definition) is 2. The molecule has 0 amide bonds. The summed E-state index contributed by atoms with van der Waals surface area (Å²) >= 11 is 6.54. The number of rotatable bonds is 4. The van der Waals surface area contributed by atoms with E-state index in [-0.39, 0.29) is 5.96 Å². The highest BCUT2D eigenvalue weighted by Gasteiger charge is 2.42. The maximum atomic E-state index is 6.54. The summed E-state index contributed by atoms with van der Waals surface area (Å²) in [5.74, 6) is 2.54. The molecule has 0 atom stereocenters. The Hall–Kier alpha value is -2.93. The van der Waals surface area contributed by atoms with Gasteiger partial charge in [0.05, 0.1) is 12.1 Å².